The van der Waals surface area contributed by atoms with Gasteiger partial charge in [-0.3, -0.25) is 9.10 Å². The van der Waals surface area contributed by atoms with Gasteiger partial charge in [-0.05, 0) is 49.2 Å². The monoisotopic (exact) mass is 457 g/mol. The number of fused-ring (bicyclic) bond motifs is 1. The average molecular weight is 458 g/mol. The van der Waals surface area contributed by atoms with Crippen LogP contribution in [0.2, 0.25) is 0 Å². The molecule has 7 nitrogen and oxygen atoms in total. The van der Waals surface area contributed by atoms with Crippen molar-refractivity contribution < 1.29 is 17.9 Å². The Morgan fingerprint density at radius 2 is 1.72 bits per heavy atom. The van der Waals surface area contributed by atoms with Gasteiger partial charge in [-0.1, -0.05) is 38.1 Å². The molecule has 0 spiro atoms. The highest BCUT2D eigenvalue weighted by Crippen LogP contribution is 2.37. The van der Waals surface area contributed by atoms with Crippen LogP contribution >= 0.6 is 0 Å². The number of hydrogen-bond donors (Lipinski definition) is 0. The Hall–Kier alpha value is -2.58. The molecular weight excluding hydrogens is 426 g/mol. The van der Waals surface area contributed by atoms with Crippen LogP contribution in [-0.4, -0.2) is 70.0 Å². The third-order valence-corrected chi connectivity index (χ3v) is 8.27. The summed E-state index contributed by atoms with van der Waals surface area (Å²) in [4.78, 5) is 17.3. The molecule has 0 bridgehead atoms. The number of amides is 1. The molecule has 2 aliphatic rings. The number of para-hydroxylation sites is 2. The molecule has 1 saturated heterocycles. The molecule has 2 heterocycles. The number of nitrogens with zero attached hydrogens (tertiary/aromatic N) is 3. The standard InChI is InChI=1S/C24H31N3O4S/c1-4-18(2)19-9-11-20(12-10-19)32(29,30)27-17-23(31-22-8-6-5-7-21(22)27)24(28)26-15-13-25(3)14-16-26/h5-12,18,23H,4,13-17H2,1-3H3/t18-,23-/m1/s1. The van der Waals surface area contributed by atoms with Crippen LogP contribution in [0.1, 0.15) is 31.7 Å². The number of sulfonamides is 1. The highest BCUT2D eigenvalue weighted by Gasteiger charge is 2.39. The lowest BCUT2D eigenvalue weighted by atomic mass is 9.99. The van der Waals surface area contributed by atoms with E-state index < -0.39 is 16.1 Å². The molecule has 0 saturated carbocycles. The van der Waals surface area contributed by atoms with Crippen LogP contribution in [0.25, 0.3) is 0 Å². The van der Waals surface area contributed by atoms with Crippen molar-refractivity contribution in [2.45, 2.75) is 37.2 Å². The molecule has 1 fully saturated rings. The first-order valence-electron chi connectivity index (χ1n) is 11.2. The Bertz CT molecular complexity index is 1060. The molecule has 8 heteroatoms. The topological polar surface area (TPSA) is 70.2 Å². The maximum absolute atomic E-state index is 13.6. The van der Waals surface area contributed by atoms with Crippen LogP contribution in [0, 0.1) is 0 Å². The Kier molecular flexibility index (Phi) is 6.44. The normalized spacial score (nSPS) is 20.4. The number of ether oxygens (including phenoxy) is 1. The second-order valence-electron chi connectivity index (χ2n) is 8.62. The summed E-state index contributed by atoms with van der Waals surface area (Å²) >= 11 is 0. The van der Waals surface area contributed by atoms with E-state index in [1.165, 1.54) is 4.31 Å². The Morgan fingerprint density at radius 3 is 2.38 bits per heavy atom. The van der Waals surface area contributed by atoms with Gasteiger partial charge >= 0.3 is 0 Å². The first kappa shape index (κ1) is 22.6. The number of rotatable bonds is 5. The van der Waals surface area contributed by atoms with Crippen LogP contribution in [0.4, 0.5) is 5.69 Å². The van der Waals surface area contributed by atoms with Gasteiger partial charge in [0.2, 0.25) is 0 Å². The second kappa shape index (κ2) is 9.11. The lowest BCUT2D eigenvalue weighted by Gasteiger charge is -2.39. The molecule has 1 amide bonds. The third-order valence-electron chi connectivity index (χ3n) is 6.47. The van der Waals surface area contributed by atoms with Crippen LogP contribution in [-0.2, 0) is 14.8 Å². The van der Waals surface area contributed by atoms with Crippen molar-refractivity contribution in [2.24, 2.45) is 0 Å². The van der Waals surface area contributed by atoms with Crippen molar-refractivity contribution in [3.63, 3.8) is 0 Å². The molecule has 2 aromatic rings. The first-order chi connectivity index (χ1) is 15.3. The van der Waals surface area contributed by atoms with E-state index in [4.69, 9.17) is 4.74 Å². The van der Waals surface area contributed by atoms with Crippen LogP contribution in [0.5, 0.6) is 5.75 Å². The SMILES string of the molecule is CC[C@@H](C)c1ccc(S(=O)(=O)N2C[C@H](C(=O)N3CCN(C)CC3)Oc3ccccc32)cc1. The van der Waals surface area contributed by atoms with E-state index in [0.29, 0.717) is 30.4 Å². The summed E-state index contributed by atoms with van der Waals surface area (Å²) in [6.45, 7) is 6.99. The summed E-state index contributed by atoms with van der Waals surface area (Å²) in [6, 6.07) is 14.1. The van der Waals surface area contributed by atoms with Gasteiger partial charge in [-0.2, -0.15) is 0 Å². The minimum absolute atomic E-state index is 0.0440. The van der Waals surface area contributed by atoms with Gasteiger partial charge in [0.05, 0.1) is 17.1 Å². The third kappa shape index (κ3) is 4.34. The van der Waals surface area contributed by atoms with Crippen molar-refractivity contribution >= 4 is 21.6 Å². The molecule has 0 aliphatic carbocycles. The summed E-state index contributed by atoms with van der Waals surface area (Å²) < 4.78 is 34.6. The molecule has 4 rings (SSSR count). The van der Waals surface area contributed by atoms with Crippen molar-refractivity contribution in [3.8, 4) is 5.75 Å². The van der Waals surface area contributed by atoms with Gasteiger partial charge in [0.1, 0.15) is 5.75 Å². The van der Waals surface area contributed by atoms with E-state index in [0.717, 1.165) is 25.1 Å². The quantitative estimate of drug-likeness (QED) is 0.691. The molecule has 0 N–H and O–H groups in total. The Balaban J connectivity index is 1.63. The zero-order valence-electron chi connectivity index (χ0n) is 18.9. The molecule has 172 valence electrons. The van der Waals surface area contributed by atoms with E-state index >= 15 is 0 Å². The van der Waals surface area contributed by atoms with Gasteiger partial charge in [-0.25, -0.2) is 8.42 Å². The predicted molar refractivity (Wildman–Crippen MR) is 125 cm³/mol. The summed E-state index contributed by atoms with van der Waals surface area (Å²) in [5.74, 6) is 0.604. The van der Waals surface area contributed by atoms with Gasteiger partial charge in [0, 0.05) is 26.2 Å². The maximum Gasteiger partial charge on any atom is 0.265 e. The Labute approximate surface area is 190 Å². The molecular formula is C24H31N3O4S. The summed E-state index contributed by atoms with van der Waals surface area (Å²) in [7, 11) is -1.83. The molecule has 2 aliphatic heterocycles. The van der Waals surface area contributed by atoms with E-state index in [2.05, 4.69) is 18.7 Å². The molecule has 0 radical (unpaired) electrons. The van der Waals surface area contributed by atoms with Crippen LogP contribution < -0.4 is 9.04 Å². The summed E-state index contributed by atoms with van der Waals surface area (Å²) in [5, 5.41) is 0. The predicted octanol–water partition coefficient (Wildman–Crippen LogP) is 2.93. The van der Waals surface area contributed by atoms with Crippen LogP contribution in [0.15, 0.2) is 53.4 Å². The number of carbonyl (C=O) groups excluding carboxylic acids is 1. The fourth-order valence-corrected chi connectivity index (χ4v) is 5.60. The zero-order valence-corrected chi connectivity index (χ0v) is 19.7. The molecule has 32 heavy (non-hydrogen) atoms. The van der Waals surface area contributed by atoms with E-state index in [1.807, 2.05) is 19.2 Å². The number of benzene rings is 2. The first-order valence-corrected chi connectivity index (χ1v) is 12.6. The minimum Gasteiger partial charge on any atom is -0.476 e. The summed E-state index contributed by atoms with van der Waals surface area (Å²) in [6.07, 6.45) is 0.112. The number of carbonyl (C=O) groups is 1. The minimum atomic E-state index is -3.86. The smallest absolute Gasteiger partial charge is 0.265 e. The molecule has 2 aromatic carbocycles. The number of hydrogen-bond acceptors (Lipinski definition) is 5. The maximum atomic E-state index is 13.6. The lowest BCUT2D eigenvalue weighted by molar-refractivity contribution is -0.140. The number of piperazine rings is 1. The molecule has 0 aromatic heterocycles. The van der Waals surface area contributed by atoms with E-state index in [9.17, 15) is 13.2 Å². The van der Waals surface area contributed by atoms with Crippen molar-refractivity contribution in [3.05, 3.63) is 54.1 Å². The van der Waals surface area contributed by atoms with Crippen molar-refractivity contribution in [1.82, 2.24) is 9.80 Å². The van der Waals surface area contributed by atoms with E-state index in [1.54, 1.807) is 41.3 Å². The van der Waals surface area contributed by atoms with Crippen molar-refractivity contribution in [2.75, 3.05) is 44.1 Å². The van der Waals surface area contributed by atoms with Crippen LogP contribution in [0.3, 0.4) is 0 Å². The fourth-order valence-electron chi connectivity index (χ4n) is 4.12. The number of anilines is 1. The van der Waals surface area contributed by atoms with Crippen molar-refractivity contribution in [1.29, 1.82) is 0 Å². The molecule has 0 unspecified atom stereocenters. The highest BCUT2D eigenvalue weighted by atomic mass is 32.2. The van der Waals surface area contributed by atoms with Gasteiger partial charge in [-0.15, -0.1) is 0 Å². The fraction of sp³-hybridized carbons (Fsp3) is 0.458. The zero-order chi connectivity index (χ0) is 22.9. The molecule has 2 atom stereocenters. The van der Waals surface area contributed by atoms with E-state index in [-0.39, 0.29) is 17.3 Å². The lowest BCUT2D eigenvalue weighted by Crippen LogP contribution is -2.55. The number of likely N-dealkylation sites (N-methyl/N-ethyl adjacent to an activating group) is 1. The van der Waals surface area contributed by atoms with Gasteiger partial charge in [0.15, 0.2) is 6.10 Å². The second-order valence-corrected chi connectivity index (χ2v) is 10.5. The van der Waals surface area contributed by atoms with Gasteiger partial charge < -0.3 is 14.5 Å². The van der Waals surface area contributed by atoms with Gasteiger partial charge in [0.25, 0.3) is 15.9 Å². The summed E-state index contributed by atoms with van der Waals surface area (Å²) in [5.41, 5.74) is 1.57. The average Bonchev–Trinajstić information content (AvgIpc) is 2.83. The highest BCUT2D eigenvalue weighted by molar-refractivity contribution is 7.92. The largest absolute Gasteiger partial charge is 0.476 e. The Morgan fingerprint density at radius 1 is 1.06 bits per heavy atom.